The Morgan fingerprint density at radius 3 is 2.31 bits per heavy atom. The van der Waals surface area contributed by atoms with Crippen molar-refractivity contribution in [2.75, 3.05) is 26.9 Å². The summed E-state index contributed by atoms with van der Waals surface area (Å²) in [5, 5.41) is 58.6. The monoisotopic (exact) mass is 490 g/mol. The minimum Gasteiger partial charge on any atom is -0.493 e. The lowest BCUT2D eigenvalue weighted by Gasteiger charge is -2.39. The molecule has 0 unspecified atom stereocenters. The molecule has 1 saturated heterocycles. The van der Waals surface area contributed by atoms with Crippen LogP contribution < -0.4 is 14.2 Å². The second-order valence-electron chi connectivity index (χ2n) is 8.44. The molecule has 2 aromatic carbocycles. The van der Waals surface area contributed by atoms with Gasteiger partial charge in [-0.1, -0.05) is 24.3 Å². The summed E-state index contributed by atoms with van der Waals surface area (Å²) in [5.74, 6) is 1.02. The molecule has 35 heavy (non-hydrogen) atoms. The molecule has 1 fully saturated rings. The molecule has 6 N–H and O–H groups in total. The molecule has 0 amide bonds. The van der Waals surface area contributed by atoms with Crippen LogP contribution in [0.3, 0.4) is 0 Å². The average molecular weight is 491 g/mol. The number of hydrogen-bond donors (Lipinski definition) is 6. The number of ether oxygens (including phenoxy) is 4. The average Bonchev–Trinajstić information content (AvgIpc) is 3.26. The van der Waals surface area contributed by atoms with E-state index in [1.54, 1.807) is 42.5 Å². The van der Waals surface area contributed by atoms with Crippen LogP contribution in [0.1, 0.15) is 28.7 Å². The predicted octanol–water partition coefficient (Wildman–Crippen LogP) is 0.0890. The molecule has 2 aromatic rings. The van der Waals surface area contributed by atoms with Gasteiger partial charge in [-0.3, -0.25) is 0 Å². The topological polar surface area (TPSA) is 158 Å². The van der Waals surface area contributed by atoms with Gasteiger partial charge in [-0.15, -0.1) is 0 Å². The van der Waals surface area contributed by atoms with Crippen molar-refractivity contribution in [3.8, 4) is 17.2 Å². The van der Waals surface area contributed by atoms with Gasteiger partial charge in [0.2, 0.25) is 6.29 Å². The largest absolute Gasteiger partial charge is 0.493 e. The smallest absolute Gasteiger partial charge is 0.229 e. The first-order chi connectivity index (χ1) is 16.9. The van der Waals surface area contributed by atoms with E-state index < -0.39 is 43.4 Å². The zero-order valence-electron chi connectivity index (χ0n) is 19.1. The Morgan fingerprint density at radius 1 is 0.943 bits per heavy atom. The van der Waals surface area contributed by atoms with Crippen LogP contribution in [0.4, 0.5) is 0 Å². The maximum absolute atomic E-state index is 10.2. The highest BCUT2D eigenvalue weighted by Crippen LogP contribution is 2.51. The first kappa shape index (κ1) is 25.4. The molecule has 0 radical (unpaired) electrons. The zero-order valence-corrected chi connectivity index (χ0v) is 19.1. The van der Waals surface area contributed by atoms with Crippen LogP contribution in [-0.4, -0.2) is 88.3 Å². The third kappa shape index (κ3) is 5.00. The third-order valence-corrected chi connectivity index (χ3v) is 6.26. The van der Waals surface area contributed by atoms with Gasteiger partial charge in [0.25, 0.3) is 0 Å². The van der Waals surface area contributed by atoms with Crippen LogP contribution in [0.25, 0.3) is 6.08 Å². The summed E-state index contributed by atoms with van der Waals surface area (Å²) in [4.78, 5) is 0. The molecule has 0 aliphatic carbocycles. The lowest BCUT2D eigenvalue weighted by molar-refractivity contribution is -0.277. The highest BCUT2D eigenvalue weighted by Gasteiger charge is 2.45. The van der Waals surface area contributed by atoms with Crippen LogP contribution in [0.2, 0.25) is 0 Å². The first-order valence-corrected chi connectivity index (χ1v) is 11.3. The van der Waals surface area contributed by atoms with Crippen LogP contribution in [0, 0.1) is 0 Å². The van der Waals surface area contributed by atoms with Crippen molar-refractivity contribution in [3.05, 3.63) is 59.2 Å². The van der Waals surface area contributed by atoms with E-state index in [0.29, 0.717) is 17.2 Å². The third-order valence-electron chi connectivity index (χ3n) is 6.26. The standard InChI is InChI=1S/C25H30O10/c1-32-18-10-13(3-2-8-26)9-16-17(11-27)23(35-24(16)18)14-4-6-15(7-5-14)33-25-22(31)21(30)20(29)19(12-28)34-25/h2-7,9-10,17,19-23,25-31H,8,11-12H2,1H3/b3-2+/t17-,19-,20-,21+,22-,23-,25-/m1/s1. The Hall–Kier alpha value is -2.70. The molecule has 0 aromatic heterocycles. The molecular weight excluding hydrogens is 460 g/mol. The van der Waals surface area contributed by atoms with E-state index in [1.807, 2.05) is 6.07 Å². The predicted molar refractivity (Wildman–Crippen MR) is 123 cm³/mol. The molecule has 4 rings (SSSR count). The van der Waals surface area contributed by atoms with E-state index in [9.17, 15) is 25.5 Å². The van der Waals surface area contributed by atoms with Crippen LogP contribution >= 0.6 is 0 Å². The van der Waals surface area contributed by atoms with Gasteiger partial charge in [0.05, 0.1) is 32.8 Å². The summed E-state index contributed by atoms with van der Waals surface area (Å²) >= 11 is 0. The van der Waals surface area contributed by atoms with Crippen molar-refractivity contribution in [1.82, 2.24) is 0 Å². The number of hydrogen-bond acceptors (Lipinski definition) is 10. The first-order valence-electron chi connectivity index (χ1n) is 11.3. The molecule has 2 heterocycles. The summed E-state index contributed by atoms with van der Waals surface area (Å²) in [6, 6.07) is 10.4. The molecule has 10 nitrogen and oxygen atoms in total. The summed E-state index contributed by atoms with van der Waals surface area (Å²) in [5.41, 5.74) is 2.35. The number of aliphatic hydroxyl groups is 6. The van der Waals surface area contributed by atoms with E-state index in [1.165, 1.54) is 7.11 Å². The lowest BCUT2D eigenvalue weighted by atomic mass is 9.90. The summed E-state index contributed by atoms with van der Waals surface area (Å²) < 4.78 is 22.7. The number of methoxy groups -OCH3 is 1. The minimum absolute atomic E-state index is 0.0977. The molecular formula is C25H30O10. The highest BCUT2D eigenvalue weighted by atomic mass is 16.7. The van der Waals surface area contributed by atoms with Crippen molar-refractivity contribution in [2.45, 2.75) is 42.7 Å². The molecule has 0 saturated carbocycles. The highest BCUT2D eigenvalue weighted by molar-refractivity contribution is 5.62. The molecule has 10 heteroatoms. The van der Waals surface area contributed by atoms with Crippen LogP contribution in [0.15, 0.2) is 42.5 Å². The van der Waals surface area contributed by atoms with Gasteiger partial charge in [-0.2, -0.15) is 0 Å². The van der Waals surface area contributed by atoms with Gasteiger partial charge in [-0.25, -0.2) is 0 Å². The van der Waals surface area contributed by atoms with E-state index in [4.69, 9.17) is 24.1 Å². The summed E-state index contributed by atoms with van der Waals surface area (Å²) in [7, 11) is 1.53. The SMILES string of the molecule is COc1cc(/C=C/CO)cc2c1O[C@H](c1ccc(O[C@@H]3O[C@H](CO)[C@@H](O)[C@H](O)[C@H]3O)cc1)[C@@H]2CO. The van der Waals surface area contributed by atoms with Gasteiger partial charge in [-0.05, 0) is 35.4 Å². The fraction of sp³-hybridized carbons (Fsp3) is 0.440. The van der Waals surface area contributed by atoms with E-state index >= 15 is 0 Å². The molecule has 0 bridgehead atoms. The maximum atomic E-state index is 10.2. The van der Waals surface area contributed by atoms with E-state index in [-0.39, 0.29) is 19.1 Å². The van der Waals surface area contributed by atoms with Gasteiger partial charge < -0.3 is 49.6 Å². The zero-order chi connectivity index (χ0) is 25.1. The maximum Gasteiger partial charge on any atom is 0.229 e. The number of rotatable bonds is 8. The number of aliphatic hydroxyl groups excluding tert-OH is 6. The number of benzene rings is 2. The van der Waals surface area contributed by atoms with Crippen molar-refractivity contribution in [1.29, 1.82) is 0 Å². The van der Waals surface area contributed by atoms with Crippen molar-refractivity contribution < 1.29 is 49.6 Å². The molecule has 2 aliphatic heterocycles. The van der Waals surface area contributed by atoms with Gasteiger partial charge in [0.15, 0.2) is 11.5 Å². The summed E-state index contributed by atoms with van der Waals surface area (Å²) in [6.07, 6.45) is -4.00. The lowest BCUT2D eigenvalue weighted by Crippen LogP contribution is -2.60. The number of fused-ring (bicyclic) bond motifs is 1. The summed E-state index contributed by atoms with van der Waals surface area (Å²) in [6.45, 7) is -0.816. The van der Waals surface area contributed by atoms with Crippen molar-refractivity contribution in [3.63, 3.8) is 0 Å². The normalized spacial score (nSPS) is 30.2. The second-order valence-corrected chi connectivity index (χ2v) is 8.44. The van der Waals surface area contributed by atoms with Crippen LogP contribution in [0.5, 0.6) is 17.2 Å². The van der Waals surface area contributed by atoms with Crippen molar-refractivity contribution >= 4 is 6.08 Å². The van der Waals surface area contributed by atoms with Gasteiger partial charge in [0, 0.05) is 5.56 Å². The van der Waals surface area contributed by atoms with Gasteiger partial charge >= 0.3 is 0 Å². The quantitative estimate of drug-likeness (QED) is 0.299. The fourth-order valence-electron chi connectivity index (χ4n) is 4.39. The molecule has 7 atom stereocenters. The van der Waals surface area contributed by atoms with E-state index in [2.05, 4.69) is 0 Å². The Morgan fingerprint density at radius 2 is 1.69 bits per heavy atom. The Balaban J connectivity index is 1.53. The molecule has 2 aliphatic rings. The Labute approximate surface area is 202 Å². The second kappa shape index (κ2) is 10.9. The minimum atomic E-state index is -1.53. The Kier molecular flexibility index (Phi) is 7.92. The van der Waals surface area contributed by atoms with Crippen LogP contribution in [-0.2, 0) is 4.74 Å². The van der Waals surface area contributed by atoms with Crippen molar-refractivity contribution in [2.24, 2.45) is 0 Å². The fourth-order valence-corrected chi connectivity index (χ4v) is 4.39. The molecule has 190 valence electrons. The van der Waals surface area contributed by atoms with Gasteiger partial charge in [0.1, 0.15) is 36.3 Å². The Bertz CT molecular complexity index is 1020. The van der Waals surface area contributed by atoms with E-state index in [0.717, 1.165) is 16.7 Å². The molecule has 0 spiro atoms.